The molecule has 2 aliphatic rings. The molecule has 5 aromatic rings. The number of aromatic nitrogens is 6. The van der Waals surface area contributed by atoms with Crippen LogP contribution in [0.4, 0.5) is 24.5 Å². The Labute approximate surface area is 303 Å². The van der Waals surface area contributed by atoms with E-state index in [0.29, 0.717) is 35.7 Å². The first-order valence-electron chi connectivity index (χ1n) is 16.5. The van der Waals surface area contributed by atoms with E-state index in [4.69, 9.17) is 21.1 Å². The fraction of sp³-hybridized carbons (Fsp3) is 0.324. The second kappa shape index (κ2) is 13.9. The number of nitrogens with zero attached hydrogens (tertiary/aromatic N) is 8. The molecule has 2 aliphatic heterocycles. The van der Waals surface area contributed by atoms with E-state index >= 15 is 0 Å². The van der Waals surface area contributed by atoms with Crippen LogP contribution in [-0.2, 0) is 30.4 Å². The number of amides is 2. The lowest BCUT2D eigenvalue weighted by Gasteiger charge is -2.36. The number of anilines is 2. The lowest BCUT2D eigenvalue weighted by molar-refractivity contribution is -0.137. The van der Waals surface area contributed by atoms with Gasteiger partial charge in [-0.2, -0.15) is 13.2 Å². The molecule has 7 rings (SSSR count). The number of fused-ring (bicyclic) bond motifs is 2. The van der Waals surface area contributed by atoms with Gasteiger partial charge in [-0.15, -0.1) is 15.0 Å². The zero-order valence-electron chi connectivity index (χ0n) is 28.3. The fourth-order valence-electron chi connectivity index (χ4n) is 6.45. The summed E-state index contributed by atoms with van der Waals surface area (Å²) >= 11 is 6.12. The Balaban J connectivity index is 1.23. The number of rotatable bonds is 8. The van der Waals surface area contributed by atoms with E-state index in [1.807, 2.05) is 4.90 Å². The van der Waals surface area contributed by atoms with Gasteiger partial charge in [0.1, 0.15) is 18.0 Å². The van der Waals surface area contributed by atoms with Crippen LogP contribution in [0, 0.1) is 0 Å². The number of carbonyl (C=O) groups is 2. The maximum atomic E-state index is 14.3. The number of methoxy groups -OCH3 is 1. The van der Waals surface area contributed by atoms with E-state index in [1.165, 1.54) is 33.8 Å². The zero-order chi connectivity index (χ0) is 37.6. The average molecular weight is 754 g/mol. The number of alkyl halides is 3. The van der Waals surface area contributed by atoms with Crippen molar-refractivity contribution in [2.75, 3.05) is 50.1 Å². The Morgan fingerprint density at radius 2 is 1.87 bits per heavy atom. The number of hydrogen-bond acceptors (Lipinski definition) is 11. The van der Waals surface area contributed by atoms with Crippen LogP contribution in [0.5, 0.6) is 17.4 Å². The SMILES string of the molecule is CCc1c(N2CCN(C(=O)c3ncc4c(c3O)CCO4)CC2)c(=O)c2nn(-c3ccnc(OC)c3)nc2n1CC(=O)Nc1ccc(C(F)(F)F)cc1Cl. The van der Waals surface area contributed by atoms with E-state index in [0.717, 1.165) is 18.2 Å². The number of benzene rings is 1. The average Bonchev–Trinajstić information content (AvgIpc) is 3.82. The topological polar surface area (TPSA) is 170 Å². The first-order valence-corrected chi connectivity index (χ1v) is 16.8. The number of halogens is 4. The van der Waals surface area contributed by atoms with Gasteiger partial charge in [0.25, 0.3) is 5.91 Å². The highest BCUT2D eigenvalue weighted by Crippen LogP contribution is 2.36. The molecule has 0 unspecified atom stereocenters. The van der Waals surface area contributed by atoms with E-state index < -0.39 is 35.5 Å². The molecule has 0 saturated carbocycles. The maximum Gasteiger partial charge on any atom is 0.416 e. The van der Waals surface area contributed by atoms with Crippen molar-refractivity contribution in [1.82, 2.24) is 34.4 Å². The normalized spacial score (nSPS) is 14.3. The van der Waals surface area contributed by atoms with Crippen molar-refractivity contribution < 1.29 is 37.3 Å². The Hall–Kier alpha value is -5.91. The molecule has 0 spiro atoms. The molecular formula is C34H31ClF3N9O6. The molecule has 0 bridgehead atoms. The highest BCUT2D eigenvalue weighted by Gasteiger charge is 2.33. The monoisotopic (exact) mass is 753 g/mol. The first-order chi connectivity index (χ1) is 25.4. The van der Waals surface area contributed by atoms with E-state index in [2.05, 4.69) is 25.5 Å². The largest absolute Gasteiger partial charge is 0.505 e. The number of nitrogens with one attached hydrogen (secondary N) is 1. The van der Waals surface area contributed by atoms with E-state index in [1.54, 1.807) is 19.1 Å². The van der Waals surface area contributed by atoms with E-state index in [9.17, 15) is 32.7 Å². The van der Waals surface area contributed by atoms with Gasteiger partial charge in [0.15, 0.2) is 22.6 Å². The fourth-order valence-corrected chi connectivity index (χ4v) is 6.68. The minimum atomic E-state index is -4.63. The molecule has 1 aromatic carbocycles. The lowest BCUT2D eigenvalue weighted by Crippen LogP contribution is -2.50. The van der Waals surface area contributed by atoms with Crippen molar-refractivity contribution >= 4 is 46.0 Å². The predicted molar refractivity (Wildman–Crippen MR) is 185 cm³/mol. The summed E-state index contributed by atoms with van der Waals surface area (Å²) in [4.78, 5) is 54.1. The minimum Gasteiger partial charge on any atom is -0.505 e. The van der Waals surface area contributed by atoms with Crippen LogP contribution in [-0.4, -0.2) is 91.2 Å². The van der Waals surface area contributed by atoms with Crippen LogP contribution in [0.1, 0.15) is 34.2 Å². The van der Waals surface area contributed by atoms with Crippen LogP contribution in [0.15, 0.2) is 47.5 Å². The molecule has 2 amide bonds. The molecule has 2 N–H and O–H groups in total. The number of pyridine rings is 3. The smallest absolute Gasteiger partial charge is 0.416 e. The molecule has 0 aliphatic carbocycles. The molecule has 1 fully saturated rings. The molecule has 0 radical (unpaired) electrons. The summed E-state index contributed by atoms with van der Waals surface area (Å²) in [6.07, 6.45) is -1.00. The van der Waals surface area contributed by atoms with Gasteiger partial charge in [0, 0.05) is 56.1 Å². The second-order valence-electron chi connectivity index (χ2n) is 12.2. The van der Waals surface area contributed by atoms with Gasteiger partial charge in [-0.3, -0.25) is 14.4 Å². The van der Waals surface area contributed by atoms with Crippen molar-refractivity contribution in [1.29, 1.82) is 0 Å². The summed E-state index contributed by atoms with van der Waals surface area (Å²) in [7, 11) is 1.44. The van der Waals surface area contributed by atoms with Gasteiger partial charge in [-0.1, -0.05) is 18.5 Å². The standard InChI is InChI=1S/C34H31ClF3N9O6/c1-3-23-29(44-9-11-45(12-10-44)33(51)28-30(49)20-7-13-53-24(20)16-40-28)31(50)27-32(43-47(42-27)19-6-8-39-26(15-19)52-2)46(23)17-25(48)41-22-5-4-18(14-21(22)35)34(36,37)38/h4-6,8,14-16,49H,3,7,9-13,17H2,1-2H3,(H,41,48). The van der Waals surface area contributed by atoms with Crippen LogP contribution in [0.25, 0.3) is 16.9 Å². The number of carbonyl (C=O) groups excluding carboxylic acids is 2. The molecule has 19 heteroatoms. The van der Waals surface area contributed by atoms with Crippen molar-refractivity contribution in [3.05, 3.63) is 80.5 Å². The Morgan fingerprint density at radius 1 is 1.09 bits per heavy atom. The van der Waals surface area contributed by atoms with Crippen molar-refractivity contribution in [3.8, 4) is 23.1 Å². The van der Waals surface area contributed by atoms with Gasteiger partial charge in [0.2, 0.25) is 17.2 Å². The number of hydrogen-bond donors (Lipinski definition) is 2. The zero-order valence-corrected chi connectivity index (χ0v) is 29.0. The van der Waals surface area contributed by atoms with Gasteiger partial charge < -0.3 is 34.3 Å². The Bertz CT molecular complexity index is 2320. The highest BCUT2D eigenvalue weighted by molar-refractivity contribution is 6.33. The second-order valence-corrected chi connectivity index (χ2v) is 12.6. The highest BCUT2D eigenvalue weighted by atomic mass is 35.5. The number of piperazine rings is 1. The quantitative estimate of drug-likeness (QED) is 0.236. The van der Waals surface area contributed by atoms with E-state index in [-0.39, 0.29) is 77.5 Å². The summed E-state index contributed by atoms with van der Waals surface area (Å²) in [5.41, 5.74) is 0.126. The minimum absolute atomic E-state index is 0.0371. The summed E-state index contributed by atoms with van der Waals surface area (Å²) in [6, 6.07) is 5.76. The third-order valence-corrected chi connectivity index (χ3v) is 9.37. The van der Waals surface area contributed by atoms with Crippen LogP contribution in [0.3, 0.4) is 0 Å². The van der Waals surface area contributed by atoms with Gasteiger partial charge >= 0.3 is 6.18 Å². The molecule has 6 heterocycles. The summed E-state index contributed by atoms with van der Waals surface area (Å²) in [5.74, 6) is -0.612. The number of aromatic hydroxyl groups is 1. The summed E-state index contributed by atoms with van der Waals surface area (Å²) < 4.78 is 51.9. The van der Waals surface area contributed by atoms with Gasteiger partial charge in [-0.25, -0.2) is 9.97 Å². The van der Waals surface area contributed by atoms with Crippen molar-refractivity contribution in [2.24, 2.45) is 0 Å². The molecule has 4 aromatic heterocycles. The third kappa shape index (κ3) is 6.65. The summed E-state index contributed by atoms with van der Waals surface area (Å²) in [5, 5.41) is 22.1. The van der Waals surface area contributed by atoms with Crippen LogP contribution in [0.2, 0.25) is 5.02 Å². The van der Waals surface area contributed by atoms with Crippen molar-refractivity contribution in [2.45, 2.75) is 32.5 Å². The van der Waals surface area contributed by atoms with Crippen LogP contribution < -0.4 is 25.1 Å². The number of ether oxygens (including phenoxy) is 2. The maximum absolute atomic E-state index is 14.3. The molecule has 15 nitrogen and oxygen atoms in total. The Morgan fingerprint density at radius 3 is 2.57 bits per heavy atom. The molecule has 276 valence electrons. The molecule has 53 heavy (non-hydrogen) atoms. The van der Waals surface area contributed by atoms with Gasteiger partial charge in [-0.05, 0) is 30.7 Å². The molecular weight excluding hydrogens is 723 g/mol. The molecule has 1 saturated heterocycles. The third-order valence-electron chi connectivity index (χ3n) is 9.06. The Kier molecular flexibility index (Phi) is 9.31. The van der Waals surface area contributed by atoms with Gasteiger partial charge in [0.05, 0.1) is 41.9 Å². The molecule has 0 atom stereocenters. The first kappa shape index (κ1) is 35.5. The van der Waals surface area contributed by atoms with Crippen molar-refractivity contribution in [3.63, 3.8) is 0 Å². The predicted octanol–water partition coefficient (Wildman–Crippen LogP) is 3.86. The lowest BCUT2D eigenvalue weighted by atomic mass is 10.1. The van der Waals surface area contributed by atoms with Crippen LogP contribution >= 0.6 is 11.6 Å². The summed E-state index contributed by atoms with van der Waals surface area (Å²) in [6.45, 7) is 2.59.